The number of hydrogen-bond acceptors (Lipinski definition) is 4. The molecule has 1 saturated carbocycles. The van der Waals surface area contributed by atoms with Gasteiger partial charge in [0.05, 0.1) is 17.2 Å². The molecule has 26 heavy (non-hydrogen) atoms. The quantitative estimate of drug-likeness (QED) is 0.586. The lowest BCUT2D eigenvalue weighted by atomic mass is 10.0. The van der Waals surface area contributed by atoms with Gasteiger partial charge in [0.2, 0.25) is 0 Å². The van der Waals surface area contributed by atoms with Crippen molar-refractivity contribution in [2.24, 2.45) is 4.99 Å². The molecule has 0 aromatic carbocycles. The van der Waals surface area contributed by atoms with E-state index in [4.69, 9.17) is 9.98 Å². The first-order valence-corrected chi connectivity index (χ1v) is 11.3. The summed E-state index contributed by atoms with van der Waals surface area (Å²) in [6.07, 6.45) is 8.11. The third kappa shape index (κ3) is 5.43. The van der Waals surface area contributed by atoms with Gasteiger partial charge in [-0.05, 0) is 32.6 Å². The lowest BCUT2D eigenvalue weighted by molar-refractivity contribution is 0.150. The number of thiazole rings is 1. The molecule has 0 radical (unpaired) electrons. The summed E-state index contributed by atoms with van der Waals surface area (Å²) in [4.78, 5) is 12.2. The van der Waals surface area contributed by atoms with E-state index in [1.807, 2.05) is 0 Å². The normalized spacial score (nSPS) is 20.8. The highest BCUT2D eigenvalue weighted by atomic mass is 32.1. The highest BCUT2D eigenvalue weighted by Crippen LogP contribution is 2.26. The second kappa shape index (κ2) is 9.70. The number of hydrogen-bond donors (Lipinski definition) is 2. The van der Waals surface area contributed by atoms with Gasteiger partial charge in [-0.25, -0.2) is 9.98 Å². The number of likely N-dealkylation sites (tertiary alicyclic amines) is 1. The second-order valence-electron chi connectivity index (χ2n) is 7.92. The van der Waals surface area contributed by atoms with Crippen LogP contribution in [0.25, 0.3) is 0 Å². The molecule has 1 aliphatic heterocycles. The van der Waals surface area contributed by atoms with Crippen LogP contribution in [0.5, 0.6) is 0 Å². The average molecular weight is 378 g/mol. The summed E-state index contributed by atoms with van der Waals surface area (Å²) >= 11 is 1.74. The van der Waals surface area contributed by atoms with Crippen LogP contribution in [-0.4, -0.2) is 47.6 Å². The van der Waals surface area contributed by atoms with Crippen LogP contribution in [0.2, 0.25) is 0 Å². The maximum absolute atomic E-state index is 4.77. The Morgan fingerprint density at radius 1 is 1.27 bits per heavy atom. The second-order valence-corrected chi connectivity index (χ2v) is 8.81. The molecule has 0 spiro atoms. The Balaban J connectivity index is 1.49. The zero-order valence-corrected chi connectivity index (χ0v) is 17.4. The van der Waals surface area contributed by atoms with Crippen LogP contribution < -0.4 is 10.6 Å². The van der Waals surface area contributed by atoms with Crippen molar-refractivity contribution in [1.82, 2.24) is 20.5 Å². The van der Waals surface area contributed by atoms with Crippen molar-refractivity contribution >= 4 is 17.3 Å². The molecule has 0 unspecified atom stereocenters. The van der Waals surface area contributed by atoms with Crippen LogP contribution in [0, 0.1) is 0 Å². The smallest absolute Gasteiger partial charge is 0.191 e. The minimum atomic E-state index is 0.495. The maximum Gasteiger partial charge on any atom is 0.191 e. The summed E-state index contributed by atoms with van der Waals surface area (Å²) in [5, 5.41) is 10.4. The van der Waals surface area contributed by atoms with Gasteiger partial charge in [-0.2, -0.15) is 0 Å². The van der Waals surface area contributed by atoms with E-state index in [0.29, 0.717) is 18.5 Å². The van der Waals surface area contributed by atoms with Gasteiger partial charge in [0.15, 0.2) is 5.96 Å². The van der Waals surface area contributed by atoms with Gasteiger partial charge >= 0.3 is 0 Å². The van der Waals surface area contributed by atoms with Gasteiger partial charge < -0.3 is 15.5 Å². The van der Waals surface area contributed by atoms with Crippen LogP contribution in [0.3, 0.4) is 0 Å². The van der Waals surface area contributed by atoms with Crippen molar-refractivity contribution in [3.63, 3.8) is 0 Å². The minimum absolute atomic E-state index is 0.495. The third-order valence-electron chi connectivity index (χ3n) is 5.52. The summed E-state index contributed by atoms with van der Waals surface area (Å²) < 4.78 is 0. The SMILES string of the molecule is CCNC(=NCc1csc(C(C)C)n1)NC1CCN(C2CCCC2)CC1. The van der Waals surface area contributed by atoms with E-state index in [1.165, 1.54) is 56.6 Å². The van der Waals surface area contributed by atoms with Gasteiger partial charge in [0.1, 0.15) is 0 Å². The molecule has 2 heterocycles. The minimum Gasteiger partial charge on any atom is -0.357 e. The van der Waals surface area contributed by atoms with Crippen LogP contribution in [0.4, 0.5) is 0 Å². The van der Waals surface area contributed by atoms with E-state index in [1.54, 1.807) is 11.3 Å². The summed E-state index contributed by atoms with van der Waals surface area (Å²) in [6, 6.07) is 1.39. The zero-order valence-electron chi connectivity index (χ0n) is 16.6. The number of nitrogens with zero attached hydrogens (tertiary/aromatic N) is 3. The Labute approximate surface area is 162 Å². The van der Waals surface area contributed by atoms with Crippen molar-refractivity contribution in [1.29, 1.82) is 0 Å². The fourth-order valence-corrected chi connectivity index (χ4v) is 4.84. The Morgan fingerprint density at radius 3 is 2.62 bits per heavy atom. The largest absolute Gasteiger partial charge is 0.357 e. The third-order valence-corrected chi connectivity index (χ3v) is 6.71. The van der Waals surface area contributed by atoms with Crippen LogP contribution in [-0.2, 0) is 6.54 Å². The van der Waals surface area contributed by atoms with Gasteiger partial charge in [-0.1, -0.05) is 26.7 Å². The molecule has 2 N–H and O–H groups in total. The first-order chi connectivity index (χ1) is 12.7. The number of guanidine groups is 1. The molecule has 0 amide bonds. The number of rotatable bonds is 6. The lowest BCUT2D eigenvalue weighted by Gasteiger charge is -2.36. The fraction of sp³-hybridized carbons (Fsp3) is 0.800. The Hall–Kier alpha value is -1.14. The average Bonchev–Trinajstić information content (AvgIpc) is 3.32. The molecule has 1 aliphatic carbocycles. The monoisotopic (exact) mass is 377 g/mol. The fourth-order valence-electron chi connectivity index (χ4n) is 4.01. The van der Waals surface area contributed by atoms with Crippen LogP contribution in [0.1, 0.15) is 75.9 Å². The van der Waals surface area contributed by atoms with Crippen molar-refractivity contribution in [3.8, 4) is 0 Å². The molecular formula is C20H35N5S. The Kier molecular flexibility index (Phi) is 7.32. The van der Waals surface area contributed by atoms with Crippen LogP contribution in [0.15, 0.2) is 10.4 Å². The molecule has 3 rings (SSSR count). The lowest BCUT2D eigenvalue weighted by Crippen LogP contribution is -2.50. The first kappa shape index (κ1) is 19.6. The molecule has 2 fully saturated rings. The molecule has 146 valence electrons. The van der Waals surface area contributed by atoms with Gasteiger partial charge in [0.25, 0.3) is 0 Å². The van der Waals surface area contributed by atoms with Gasteiger partial charge in [-0.3, -0.25) is 0 Å². The summed E-state index contributed by atoms with van der Waals surface area (Å²) in [6.45, 7) is 10.5. The van der Waals surface area contributed by atoms with Crippen molar-refractivity contribution in [2.45, 2.75) is 83.8 Å². The topological polar surface area (TPSA) is 52.6 Å². The zero-order chi connectivity index (χ0) is 18.4. The molecule has 1 saturated heterocycles. The van der Waals surface area contributed by atoms with E-state index in [9.17, 15) is 0 Å². The number of piperidine rings is 1. The van der Waals surface area contributed by atoms with Gasteiger partial charge in [-0.15, -0.1) is 11.3 Å². The summed E-state index contributed by atoms with van der Waals surface area (Å²) in [5.41, 5.74) is 1.08. The standard InChI is InChI=1S/C20H35N5S/c1-4-21-20(22-13-17-14-26-19(23-17)15(2)3)24-16-9-11-25(12-10-16)18-7-5-6-8-18/h14-16,18H,4-13H2,1-3H3,(H2,21,22,24). The number of aromatic nitrogens is 1. The highest BCUT2D eigenvalue weighted by molar-refractivity contribution is 7.09. The maximum atomic E-state index is 4.77. The molecule has 1 aromatic rings. The number of aliphatic imine (C=N–C) groups is 1. The van der Waals surface area contributed by atoms with E-state index < -0.39 is 0 Å². The van der Waals surface area contributed by atoms with Crippen molar-refractivity contribution in [2.75, 3.05) is 19.6 Å². The van der Waals surface area contributed by atoms with Crippen molar-refractivity contribution in [3.05, 3.63) is 16.1 Å². The molecule has 6 heteroatoms. The van der Waals surface area contributed by atoms with Crippen LogP contribution >= 0.6 is 11.3 Å². The predicted octanol–water partition coefficient (Wildman–Crippen LogP) is 3.73. The Bertz CT molecular complexity index is 569. The molecule has 0 bridgehead atoms. The molecule has 5 nitrogen and oxygen atoms in total. The number of nitrogens with one attached hydrogen (secondary N) is 2. The van der Waals surface area contributed by atoms with Gasteiger partial charge in [0, 0.05) is 43.0 Å². The van der Waals surface area contributed by atoms with E-state index >= 15 is 0 Å². The van der Waals surface area contributed by atoms with E-state index in [0.717, 1.165) is 24.2 Å². The molecule has 2 aliphatic rings. The molecular weight excluding hydrogens is 342 g/mol. The predicted molar refractivity (Wildman–Crippen MR) is 111 cm³/mol. The Morgan fingerprint density at radius 2 is 2.00 bits per heavy atom. The highest BCUT2D eigenvalue weighted by Gasteiger charge is 2.27. The molecule has 1 aromatic heterocycles. The summed E-state index contributed by atoms with van der Waals surface area (Å²) in [5.74, 6) is 1.43. The van der Waals surface area contributed by atoms with E-state index in [2.05, 4.69) is 41.7 Å². The van der Waals surface area contributed by atoms with Crippen molar-refractivity contribution < 1.29 is 0 Å². The van der Waals surface area contributed by atoms with E-state index in [-0.39, 0.29) is 0 Å². The summed E-state index contributed by atoms with van der Waals surface area (Å²) in [7, 11) is 0. The first-order valence-electron chi connectivity index (χ1n) is 10.4. The molecule has 0 atom stereocenters.